The molecule has 5 nitrogen and oxygen atoms in total. The molecule has 3 N–H and O–H groups in total. The van der Waals surface area contributed by atoms with Crippen molar-refractivity contribution in [2.24, 2.45) is 5.73 Å². The molecule has 0 bridgehead atoms. The first-order chi connectivity index (χ1) is 12.1. The maximum absolute atomic E-state index is 12.5. The van der Waals surface area contributed by atoms with E-state index in [2.05, 4.69) is 20.8 Å². The SMILES string of the molecule is Cc1ccc(O)cc1C(=O)CC(Oc1ccc(C(C)(C)C)cc1)C(N)=O. The summed E-state index contributed by atoms with van der Waals surface area (Å²) in [6.45, 7) is 8.07. The minimum absolute atomic E-state index is 0.00439. The summed E-state index contributed by atoms with van der Waals surface area (Å²) in [6.07, 6.45) is -1.27. The minimum Gasteiger partial charge on any atom is -0.508 e. The highest BCUT2D eigenvalue weighted by Gasteiger charge is 2.24. The van der Waals surface area contributed by atoms with E-state index in [0.29, 0.717) is 16.9 Å². The monoisotopic (exact) mass is 355 g/mol. The molecule has 0 saturated carbocycles. The molecular weight excluding hydrogens is 330 g/mol. The van der Waals surface area contributed by atoms with Gasteiger partial charge in [-0.2, -0.15) is 0 Å². The predicted octanol–water partition coefficient (Wildman–Crippen LogP) is 3.50. The van der Waals surface area contributed by atoms with Gasteiger partial charge in [-0.3, -0.25) is 9.59 Å². The predicted molar refractivity (Wildman–Crippen MR) is 101 cm³/mol. The maximum Gasteiger partial charge on any atom is 0.258 e. The average Bonchev–Trinajstić information content (AvgIpc) is 2.56. The zero-order chi connectivity index (χ0) is 19.5. The number of aromatic hydroxyl groups is 1. The van der Waals surface area contributed by atoms with Crippen LogP contribution in [0.5, 0.6) is 11.5 Å². The Hall–Kier alpha value is -2.82. The van der Waals surface area contributed by atoms with Crippen LogP contribution in [-0.2, 0) is 10.2 Å². The first-order valence-corrected chi connectivity index (χ1v) is 8.47. The summed E-state index contributed by atoms with van der Waals surface area (Å²) >= 11 is 0. The Balaban J connectivity index is 2.15. The van der Waals surface area contributed by atoms with Crippen molar-refractivity contribution in [3.05, 3.63) is 59.2 Å². The number of nitrogens with two attached hydrogens (primary N) is 1. The smallest absolute Gasteiger partial charge is 0.258 e. The number of phenols is 1. The van der Waals surface area contributed by atoms with Gasteiger partial charge < -0.3 is 15.6 Å². The lowest BCUT2D eigenvalue weighted by Gasteiger charge is -2.20. The van der Waals surface area contributed by atoms with Crippen molar-refractivity contribution in [1.29, 1.82) is 0 Å². The Morgan fingerprint density at radius 2 is 1.73 bits per heavy atom. The van der Waals surface area contributed by atoms with Gasteiger partial charge >= 0.3 is 0 Å². The fraction of sp³-hybridized carbons (Fsp3) is 0.333. The van der Waals surface area contributed by atoms with Crippen LogP contribution in [0.25, 0.3) is 0 Å². The van der Waals surface area contributed by atoms with E-state index in [0.717, 1.165) is 5.56 Å². The molecule has 0 fully saturated rings. The number of hydrogen-bond acceptors (Lipinski definition) is 4. The molecule has 0 aliphatic carbocycles. The third-order valence-corrected chi connectivity index (χ3v) is 4.21. The third-order valence-electron chi connectivity index (χ3n) is 4.21. The lowest BCUT2D eigenvalue weighted by Crippen LogP contribution is -2.35. The number of carbonyl (C=O) groups excluding carboxylic acids is 2. The standard InChI is InChI=1S/C21H25NO4/c1-13-5-8-15(23)11-17(13)18(24)12-19(20(22)25)26-16-9-6-14(7-10-16)21(2,3)4/h5-11,19,23H,12H2,1-4H3,(H2,22,25). The molecule has 2 aromatic rings. The zero-order valence-electron chi connectivity index (χ0n) is 15.6. The van der Waals surface area contributed by atoms with Gasteiger partial charge in [0, 0.05) is 5.56 Å². The molecule has 0 spiro atoms. The van der Waals surface area contributed by atoms with E-state index in [-0.39, 0.29) is 23.4 Å². The maximum atomic E-state index is 12.5. The second-order valence-corrected chi connectivity index (χ2v) is 7.41. The van der Waals surface area contributed by atoms with Crippen LogP contribution in [0.2, 0.25) is 0 Å². The quantitative estimate of drug-likeness (QED) is 0.776. The first kappa shape index (κ1) is 19.5. The van der Waals surface area contributed by atoms with E-state index in [4.69, 9.17) is 10.5 Å². The highest BCUT2D eigenvalue weighted by Crippen LogP contribution is 2.25. The number of aryl methyl sites for hydroxylation is 1. The molecule has 0 heterocycles. The highest BCUT2D eigenvalue weighted by atomic mass is 16.5. The van der Waals surface area contributed by atoms with E-state index in [9.17, 15) is 14.7 Å². The van der Waals surface area contributed by atoms with Gasteiger partial charge in [-0.05, 0) is 47.7 Å². The number of amides is 1. The normalized spacial score (nSPS) is 12.5. The Morgan fingerprint density at radius 1 is 1.12 bits per heavy atom. The molecule has 0 saturated heterocycles. The number of carbonyl (C=O) groups is 2. The molecule has 0 aromatic heterocycles. The van der Waals surface area contributed by atoms with Crippen LogP contribution in [0, 0.1) is 6.92 Å². The summed E-state index contributed by atoms with van der Waals surface area (Å²) in [6, 6.07) is 11.9. The molecular formula is C21H25NO4. The molecule has 5 heteroatoms. The Labute approximate surface area is 153 Å². The van der Waals surface area contributed by atoms with Crippen molar-refractivity contribution in [2.45, 2.75) is 45.6 Å². The van der Waals surface area contributed by atoms with Gasteiger partial charge in [-0.25, -0.2) is 0 Å². The van der Waals surface area contributed by atoms with E-state index in [1.807, 2.05) is 12.1 Å². The van der Waals surface area contributed by atoms with E-state index in [1.54, 1.807) is 25.1 Å². The van der Waals surface area contributed by atoms with Crippen LogP contribution >= 0.6 is 0 Å². The van der Waals surface area contributed by atoms with Crippen molar-refractivity contribution in [3.63, 3.8) is 0 Å². The summed E-state index contributed by atoms with van der Waals surface area (Å²) in [7, 11) is 0. The van der Waals surface area contributed by atoms with Crippen LogP contribution in [0.15, 0.2) is 42.5 Å². The molecule has 1 unspecified atom stereocenters. The van der Waals surface area contributed by atoms with Gasteiger partial charge in [0.05, 0.1) is 6.42 Å². The van der Waals surface area contributed by atoms with Gasteiger partial charge in [0.1, 0.15) is 11.5 Å². The molecule has 1 atom stereocenters. The van der Waals surface area contributed by atoms with Crippen LogP contribution in [-0.4, -0.2) is 22.9 Å². The second kappa shape index (κ2) is 7.60. The lowest BCUT2D eigenvalue weighted by molar-refractivity contribution is -0.124. The van der Waals surface area contributed by atoms with Gasteiger partial charge in [-0.15, -0.1) is 0 Å². The van der Waals surface area contributed by atoms with Crippen molar-refractivity contribution in [1.82, 2.24) is 0 Å². The van der Waals surface area contributed by atoms with Crippen LogP contribution < -0.4 is 10.5 Å². The number of Topliss-reactive ketones (excluding diaryl/α,β-unsaturated/α-hetero) is 1. The van der Waals surface area contributed by atoms with Crippen molar-refractivity contribution in [3.8, 4) is 11.5 Å². The second-order valence-electron chi connectivity index (χ2n) is 7.41. The highest BCUT2D eigenvalue weighted by molar-refractivity contribution is 6.00. The van der Waals surface area contributed by atoms with E-state index < -0.39 is 12.0 Å². The molecule has 0 radical (unpaired) electrons. The molecule has 2 rings (SSSR count). The number of benzene rings is 2. The number of hydrogen-bond donors (Lipinski definition) is 2. The topological polar surface area (TPSA) is 89.6 Å². The van der Waals surface area contributed by atoms with Gasteiger partial charge in [0.25, 0.3) is 5.91 Å². The Bertz CT molecular complexity index is 804. The fourth-order valence-electron chi connectivity index (χ4n) is 2.59. The number of rotatable bonds is 6. The molecule has 2 aromatic carbocycles. The number of primary amides is 1. The number of phenolic OH excluding ortho intramolecular Hbond substituents is 1. The first-order valence-electron chi connectivity index (χ1n) is 8.47. The van der Waals surface area contributed by atoms with Gasteiger partial charge in [-0.1, -0.05) is 39.0 Å². The minimum atomic E-state index is -1.08. The Morgan fingerprint density at radius 3 is 2.27 bits per heavy atom. The van der Waals surface area contributed by atoms with Crippen molar-refractivity contribution >= 4 is 11.7 Å². The van der Waals surface area contributed by atoms with E-state index >= 15 is 0 Å². The summed E-state index contributed by atoms with van der Waals surface area (Å²) in [5, 5.41) is 9.58. The molecule has 0 aliphatic rings. The summed E-state index contributed by atoms with van der Waals surface area (Å²) in [4.78, 5) is 24.3. The molecule has 1 amide bonds. The molecule has 26 heavy (non-hydrogen) atoms. The Kier molecular flexibility index (Phi) is 5.70. The largest absolute Gasteiger partial charge is 0.508 e. The number of ether oxygens (including phenoxy) is 1. The third kappa shape index (κ3) is 4.85. The van der Waals surface area contributed by atoms with Crippen LogP contribution in [0.3, 0.4) is 0 Å². The van der Waals surface area contributed by atoms with Gasteiger partial charge in [0.2, 0.25) is 0 Å². The lowest BCUT2D eigenvalue weighted by atomic mass is 9.87. The fourth-order valence-corrected chi connectivity index (χ4v) is 2.59. The van der Waals surface area contributed by atoms with Crippen LogP contribution in [0.4, 0.5) is 0 Å². The summed E-state index contributed by atoms with van der Waals surface area (Å²) in [5.74, 6) is -0.556. The van der Waals surface area contributed by atoms with E-state index in [1.165, 1.54) is 12.1 Å². The summed E-state index contributed by atoms with van der Waals surface area (Å²) < 4.78 is 5.65. The molecule has 0 aliphatic heterocycles. The summed E-state index contributed by atoms with van der Waals surface area (Å²) in [5.41, 5.74) is 7.61. The van der Waals surface area contributed by atoms with Gasteiger partial charge in [0.15, 0.2) is 11.9 Å². The zero-order valence-corrected chi connectivity index (χ0v) is 15.6. The van der Waals surface area contributed by atoms with Crippen LogP contribution in [0.1, 0.15) is 48.7 Å². The van der Waals surface area contributed by atoms with Crippen molar-refractivity contribution < 1.29 is 19.4 Å². The van der Waals surface area contributed by atoms with Crippen molar-refractivity contribution in [2.75, 3.05) is 0 Å². The average molecular weight is 355 g/mol. The molecule has 138 valence electrons. The number of ketones is 1.